The van der Waals surface area contributed by atoms with E-state index in [0.29, 0.717) is 6.54 Å². The van der Waals surface area contributed by atoms with Crippen LogP contribution in [0.15, 0.2) is 0 Å². The number of nitrogens with zero attached hydrogens (tertiary/aromatic N) is 4. The molecule has 2 heterocycles. The fourth-order valence-electron chi connectivity index (χ4n) is 2.64. The van der Waals surface area contributed by atoms with Gasteiger partial charge in [-0.2, -0.15) is 0 Å². The molecular weight excluding hydrogens is 254 g/mol. The van der Waals surface area contributed by atoms with Gasteiger partial charge in [0.25, 0.3) is 0 Å². The summed E-state index contributed by atoms with van der Waals surface area (Å²) in [5.74, 6) is 2.17. The highest BCUT2D eigenvalue weighted by Crippen LogP contribution is 2.14. The lowest BCUT2D eigenvalue weighted by molar-refractivity contribution is -0.132. The van der Waals surface area contributed by atoms with E-state index in [1.54, 1.807) is 0 Å². The van der Waals surface area contributed by atoms with Gasteiger partial charge < -0.3 is 9.47 Å². The average Bonchev–Trinajstić information content (AvgIpc) is 2.89. The molecule has 6 heteroatoms. The predicted octanol–water partition coefficient (Wildman–Crippen LogP) is 0.961. The van der Waals surface area contributed by atoms with Gasteiger partial charge in [0.05, 0.1) is 12.6 Å². The van der Waals surface area contributed by atoms with Crippen molar-refractivity contribution >= 4 is 5.91 Å². The second-order valence-corrected chi connectivity index (χ2v) is 5.25. The zero-order valence-corrected chi connectivity index (χ0v) is 12.7. The van der Waals surface area contributed by atoms with E-state index in [4.69, 9.17) is 0 Å². The van der Waals surface area contributed by atoms with Crippen molar-refractivity contribution in [3.63, 3.8) is 0 Å². The van der Waals surface area contributed by atoms with Crippen LogP contribution in [-0.2, 0) is 24.3 Å². The first-order valence-electron chi connectivity index (χ1n) is 7.60. The van der Waals surface area contributed by atoms with Crippen LogP contribution in [0.3, 0.4) is 0 Å². The standard InChI is InChI=1S/C14H25N5O/c1-4-18(5-2)14(20)11(3)15-10-13-17-16-12-8-6-7-9-19(12)13/h11,15H,4-10H2,1-3H3. The van der Waals surface area contributed by atoms with E-state index in [9.17, 15) is 4.79 Å². The molecular formula is C14H25N5O. The van der Waals surface area contributed by atoms with Crippen molar-refractivity contribution in [1.29, 1.82) is 0 Å². The maximum Gasteiger partial charge on any atom is 0.239 e. The Labute approximate surface area is 120 Å². The SMILES string of the molecule is CCN(CC)C(=O)C(C)NCc1nnc2n1CCCC2. The summed E-state index contributed by atoms with van der Waals surface area (Å²) in [7, 11) is 0. The third-order valence-electron chi connectivity index (χ3n) is 3.95. The molecule has 0 saturated carbocycles. The van der Waals surface area contributed by atoms with Crippen molar-refractivity contribution in [2.75, 3.05) is 13.1 Å². The molecule has 1 aliphatic rings. The van der Waals surface area contributed by atoms with Crippen LogP contribution in [0, 0.1) is 0 Å². The molecule has 0 radical (unpaired) electrons. The average molecular weight is 279 g/mol. The van der Waals surface area contributed by atoms with Crippen molar-refractivity contribution < 1.29 is 4.79 Å². The molecule has 1 atom stereocenters. The number of likely N-dealkylation sites (N-methyl/N-ethyl adjacent to an activating group) is 1. The lowest BCUT2D eigenvalue weighted by atomic mass is 10.1. The first-order chi connectivity index (χ1) is 9.67. The largest absolute Gasteiger partial charge is 0.342 e. The molecule has 2 rings (SSSR count). The molecule has 112 valence electrons. The van der Waals surface area contributed by atoms with Crippen molar-refractivity contribution in [3.8, 4) is 0 Å². The quantitative estimate of drug-likeness (QED) is 0.842. The zero-order chi connectivity index (χ0) is 14.5. The van der Waals surface area contributed by atoms with Crippen molar-refractivity contribution in [3.05, 3.63) is 11.6 Å². The van der Waals surface area contributed by atoms with E-state index in [2.05, 4.69) is 20.1 Å². The molecule has 20 heavy (non-hydrogen) atoms. The smallest absolute Gasteiger partial charge is 0.239 e. The van der Waals surface area contributed by atoms with E-state index >= 15 is 0 Å². The Bertz CT molecular complexity index is 452. The molecule has 0 bridgehead atoms. The highest BCUT2D eigenvalue weighted by Gasteiger charge is 2.20. The van der Waals surface area contributed by atoms with Gasteiger partial charge >= 0.3 is 0 Å². The Kier molecular flexibility index (Phi) is 5.11. The lowest BCUT2D eigenvalue weighted by Gasteiger charge is -2.23. The van der Waals surface area contributed by atoms with Gasteiger partial charge in [-0.15, -0.1) is 10.2 Å². The van der Waals surface area contributed by atoms with E-state index in [0.717, 1.165) is 37.7 Å². The predicted molar refractivity (Wildman–Crippen MR) is 77.2 cm³/mol. The van der Waals surface area contributed by atoms with Crippen LogP contribution in [0.1, 0.15) is 45.3 Å². The maximum atomic E-state index is 12.2. The molecule has 0 aliphatic carbocycles. The van der Waals surface area contributed by atoms with Crippen LogP contribution >= 0.6 is 0 Å². The van der Waals surface area contributed by atoms with E-state index < -0.39 is 0 Å². The Balaban J connectivity index is 1.92. The molecule has 0 aromatic carbocycles. The second kappa shape index (κ2) is 6.83. The number of aryl methyl sites for hydroxylation is 1. The van der Waals surface area contributed by atoms with Crippen molar-refractivity contribution in [1.82, 2.24) is 25.0 Å². The van der Waals surface area contributed by atoms with Crippen LogP contribution in [0.4, 0.5) is 0 Å². The molecule has 1 unspecified atom stereocenters. The summed E-state index contributed by atoms with van der Waals surface area (Å²) in [4.78, 5) is 14.0. The zero-order valence-electron chi connectivity index (χ0n) is 12.7. The molecule has 6 nitrogen and oxygen atoms in total. The first kappa shape index (κ1) is 15.0. The third kappa shape index (κ3) is 3.17. The monoisotopic (exact) mass is 279 g/mol. The minimum Gasteiger partial charge on any atom is -0.342 e. The number of nitrogens with one attached hydrogen (secondary N) is 1. The summed E-state index contributed by atoms with van der Waals surface area (Å²) in [6, 6.07) is -0.188. The molecule has 0 saturated heterocycles. The third-order valence-corrected chi connectivity index (χ3v) is 3.95. The molecule has 1 aliphatic heterocycles. The minimum absolute atomic E-state index is 0.147. The van der Waals surface area contributed by atoms with E-state index in [-0.39, 0.29) is 11.9 Å². The molecule has 1 aromatic heterocycles. The summed E-state index contributed by atoms with van der Waals surface area (Å²) in [6.45, 7) is 9.02. The highest BCUT2D eigenvalue weighted by molar-refractivity contribution is 5.81. The fourth-order valence-corrected chi connectivity index (χ4v) is 2.64. The van der Waals surface area contributed by atoms with Gasteiger partial charge in [-0.05, 0) is 33.6 Å². The van der Waals surface area contributed by atoms with Crippen molar-refractivity contribution in [2.24, 2.45) is 0 Å². The number of carbonyl (C=O) groups is 1. The van der Waals surface area contributed by atoms with Crippen LogP contribution < -0.4 is 5.32 Å². The molecule has 0 fully saturated rings. The van der Waals surface area contributed by atoms with Gasteiger partial charge in [-0.25, -0.2) is 0 Å². The summed E-state index contributed by atoms with van der Waals surface area (Å²) in [5, 5.41) is 11.7. The fraction of sp³-hybridized carbons (Fsp3) is 0.786. The number of hydrogen-bond donors (Lipinski definition) is 1. The van der Waals surface area contributed by atoms with E-state index in [1.807, 2.05) is 25.7 Å². The molecule has 1 N–H and O–H groups in total. The second-order valence-electron chi connectivity index (χ2n) is 5.25. The number of rotatable bonds is 6. The highest BCUT2D eigenvalue weighted by atomic mass is 16.2. The van der Waals surface area contributed by atoms with Gasteiger partial charge in [-0.1, -0.05) is 0 Å². The number of carbonyl (C=O) groups excluding carboxylic acids is 1. The summed E-state index contributed by atoms with van der Waals surface area (Å²) >= 11 is 0. The van der Waals surface area contributed by atoms with Gasteiger partial charge in [-0.3, -0.25) is 10.1 Å². The van der Waals surface area contributed by atoms with Crippen LogP contribution in [0.5, 0.6) is 0 Å². The topological polar surface area (TPSA) is 63.1 Å². The lowest BCUT2D eigenvalue weighted by Crippen LogP contribution is -2.44. The maximum absolute atomic E-state index is 12.2. The summed E-state index contributed by atoms with van der Waals surface area (Å²) < 4.78 is 2.19. The number of amides is 1. The number of fused-ring (bicyclic) bond motifs is 1. The van der Waals surface area contributed by atoms with Gasteiger partial charge in [0.1, 0.15) is 11.6 Å². The summed E-state index contributed by atoms with van der Waals surface area (Å²) in [6.07, 6.45) is 3.40. The molecule has 1 amide bonds. The van der Waals surface area contributed by atoms with Crippen molar-refractivity contribution in [2.45, 2.75) is 59.2 Å². The number of hydrogen-bond acceptors (Lipinski definition) is 4. The Morgan fingerprint density at radius 3 is 2.80 bits per heavy atom. The summed E-state index contributed by atoms with van der Waals surface area (Å²) in [5.41, 5.74) is 0. The number of aromatic nitrogens is 3. The van der Waals surface area contributed by atoms with Gasteiger partial charge in [0, 0.05) is 26.1 Å². The Hall–Kier alpha value is -1.43. The van der Waals surface area contributed by atoms with Gasteiger partial charge in [0.15, 0.2) is 0 Å². The minimum atomic E-state index is -0.188. The van der Waals surface area contributed by atoms with Gasteiger partial charge in [0.2, 0.25) is 5.91 Å². The Morgan fingerprint density at radius 2 is 2.10 bits per heavy atom. The normalized spacial score (nSPS) is 15.8. The Morgan fingerprint density at radius 1 is 1.35 bits per heavy atom. The van der Waals surface area contributed by atoms with Crippen LogP contribution in [0.25, 0.3) is 0 Å². The molecule has 0 spiro atoms. The first-order valence-corrected chi connectivity index (χ1v) is 7.60. The molecule has 1 aromatic rings. The van der Waals surface area contributed by atoms with Crippen LogP contribution in [0.2, 0.25) is 0 Å². The van der Waals surface area contributed by atoms with E-state index in [1.165, 1.54) is 12.8 Å². The van der Waals surface area contributed by atoms with Crippen LogP contribution in [-0.4, -0.2) is 44.7 Å².